The summed E-state index contributed by atoms with van der Waals surface area (Å²) in [4.78, 5) is 24.2. The molecule has 0 spiro atoms. The molecule has 116 valence electrons. The molecule has 1 amide bonds. The molecule has 1 rings (SSSR count). The lowest BCUT2D eigenvalue weighted by molar-refractivity contribution is -0.140. The van der Waals surface area contributed by atoms with Crippen molar-refractivity contribution >= 4 is 21.7 Å². The molecule has 0 aliphatic carbocycles. The monoisotopic (exact) mass is 307 g/mol. The Morgan fingerprint density at radius 3 is 2.70 bits per heavy atom. The van der Waals surface area contributed by atoms with Crippen LogP contribution in [0, 0.1) is 0 Å². The summed E-state index contributed by atoms with van der Waals surface area (Å²) >= 11 is 0. The van der Waals surface area contributed by atoms with E-state index in [4.69, 9.17) is 9.84 Å². The largest absolute Gasteiger partial charge is 0.481 e. The van der Waals surface area contributed by atoms with E-state index < -0.39 is 21.8 Å². The predicted molar refractivity (Wildman–Crippen MR) is 72.1 cm³/mol. The highest BCUT2D eigenvalue weighted by atomic mass is 32.2. The summed E-state index contributed by atoms with van der Waals surface area (Å²) in [6.45, 7) is 2.99. The summed E-state index contributed by atoms with van der Waals surface area (Å²) in [6.07, 6.45) is 0.461. The van der Waals surface area contributed by atoms with Gasteiger partial charge in [-0.3, -0.25) is 9.59 Å². The van der Waals surface area contributed by atoms with E-state index in [1.54, 1.807) is 0 Å². The second-order valence-corrected chi connectivity index (χ2v) is 6.98. The topological polar surface area (TPSA) is 101 Å². The van der Waals surface area contributed by atoms with Crippen LogP contribution in [0.5, 0.6) is 0 Å². The van der Waals surface area contributed by atoms with Crippen molar-refractivity contribution in [2.45, 2.75) is 32.2 Å². The molecule has 0 radical (unpaired) electrons. The maximum absolute atomic E-state index is 12.0. The second-order valence-electron chi connectivity index (χ2n) is 4.75. The molecule has 1 N–H and O–H groups in total. The van der Waals surface area contributed by atoms with Gasteiger partial charge in [-0.2, -0.15) is 0 Å². The summed E-state index contributed by atoms with van der Waals surface area (Å²) in [5.41, 5.74) is 0. The number of carbonyl (C=O) groups excluding carboxylic acids is 1. The number of sulfone groups is 1. The Labute approximate surface area is 118 Å². The van der Waals surface area contributed by atoms with Gasteiger partial charge in [0.2, 0.25) is 5.91 Å². The zero-order valence-corrected chi connectivity index (χ0v) is 12.4. The fourth-order valence-corrected chi connectivity index (χ4v) is 3.72. The Bertz CT molecular complexity index is 447. The molecule has 0 bridgehead atoms. The van der Waals surface area contributed by atoms with Gasteiger partial charge in [-0.25, -0.2) is 8.42 Å². The first kappa shape index (κ1) is 16.9. The molecule has 7 nitrogen and oxygen atoms in total. The van der Waals surface area contributed by atoms with E-state index in [0.717, 1.165) is 0 Å². The second kappa shape index (κ2) is 7.58. The van der Waals surface area contributed by atoms with Crippen LogP contribution in [0.1, 0.15) is 26.2 Å². The molecule has 1 heterocycles. The van der Waals surface area contributed by atoms with Crippen molar-refractivity contribution in [2.24, 2.45) is 0 Å². The van der Waals surface area contributed by atoms with Crippen LogP contribution in [0.2, 0.25) is 0 Å². The van der Waals surface area contributed by atoms with Gasteiger partial charge in [0, 0.05) is 26.2 Å². The molecular weight excluding hydrogens is 286 g/mol. The third-order valence-corrected chi connectivity index (χ3v) is 4.84. The van der Waals surface area contributed by atoms with Crippen LogP contribution in [0.4, 0.5) is 0 Å². The molecule has 1 saturated heterocycles. The highest BCUT2D eigenvalue weighted by Crippen LogP contribution is 2.16. The third-order valence-electron chi connectivity index (χ3n) is 3.14. The van der Waals surface area contributed by atoms with E-state index in [9.17, 15) is 18.0 Å². The van der Waals surface area contributed by atoms with Crippen LogP contribution < -0.4 is 0 Å². The van der Waals surface area contributed by atoms with Crippen molar-refractivity contribution in [3.05, 3.63) is 0 Å². The summed E-state index contributed by atoms with van der Waals surface area (Å²) in [5.74, 6) is -1.67. The number of nitrogens with zero attached hydrogens (tertiary/aromatic N) is 1. The van der Waals surface area contributed by atoms with Gasteiger partial charge in [0.05, 0.1) is 24.0 Å². The molecular formula is C12H21NO6S. The summed E-state index contributed by atoms with van der Waals surface area (Å²) in [5, 5.41) is 8.83. The van der Waals surface area contributed by atoms with Crippen molar-refractivity contribution < 1.29 is 27.9 Å². The van der Waals surface area contributed by atoms with Gasteiger partial charge in [-0.05, 0) is 13.3 Å². The Kier molecular flexibility index (Phi) is 6.41. The zero-order valence-electron chi connectivity index (χ0n) is 11.6. The van der Waals surface area contributed by atoms with Gasteiger partial charge in [0.1, 0.15) is 0 Å². The van der Waals surface area contributed by atoms with E-state index in [1.807, 2.05) is 6.92 Å². The normalized spacial score (nSPS) is 21.6. The molecule has 1 unspecified atom stereocenters. The molecule has 0 aromatic heterocycles. The quantitative estimate of drug-likeness (QED) is 0.659. The van der Waals surface area contributed by atoms with E-state index in [0.29, 0.717) is 19.6 Å². The number of rotatable bonds is 7. The van der Waals surface area contributed by atoms with Gasteiger partial charge in [0.15, 0.2) is 9.84 Å². The minimum Gasteiger partial charge on any atom is -0.481 e. The standard InChI is InChI=1S/C12H21NO6S/c1-2-19-6-3-4-11(14)13-5-7-20(17,18)9-10(13)8-12(15)16/h10H,2-9H2,1H3,(H,15,16). The lowest BCUT2D eigenvalue weighted by Crippen LogP contribution is -2.52. The number of aliphatic carboxylic acids is 1. The van der Waals surface area contributed by atoms with Crippen molar-refractivity contribution in [1.82, 2.24) is 4.90 Å². The number of ether oxygens (including phenoxy) is 1. The van der Waals surface area contributed by atoms with Gasteiger partial charge in [-0.15, -0.1) is 0 Å². The first-order valence-corrected chi connectivity index (χ1v) is 8.47. The van der Waals surface area contributed by atoms with Crippen LogP contribution in [0.3, 0.4) is 0 Å². The predicted octanol–water partition coefficient (Wildman–Crippen LogP) is -0.0966. The third kappa shape index (κ3) is 5.46. The average molecular weight is 307 g/mol. The number of hydrogen-bond acceptors (Lipinski definition) is 5. The van der Waals surface area contributed by atoms with Crippen LogP contribution in [-0.4, -0.2) is 67.6 Å². The van der Waals surface area contributed by atoms with Gasteiger partial charge < -0.3 is 14.7 Å². The molecule has 0 saturated carbocycles. The maximum atomic E-state index is 12.0. The Hall–Kier alpha value is -1.15. The first-order valence-electron chi connectivity index (χ1n) is 6.65. The molecule has 20 heavy (non-hydrogen) atoms. The lowest BCUT2D eigenvalue weighted by Gasteiger charge is -2.34. The Morgan fingerprint density at radius 2 is 2.10 bits per heavy atom. The number of carbonyl (C=O) groups is 2. The zero-order chi connectivity index (χ0) is 15.2. The minimum atomic E-state index is -3.26. The van der Waals surface area contributed by atoms with Gasteiger partial charge >= 0.3 is 5.97 Å². The molecule has 1 aliphatic rings. The van der Waals surface area contributed by atoms with E-state index in [2.05, 4.69) is 0 Å². The lowest BCUT2D eigenvalue weighted by atomic mass is 10.1. The summed E-state index contributed by atoms with van der Waals surface area (Å²) in [7, 11) is -3.26. The van der Waals surface area contributed by atoms with Crippen LogP contribution in [0.15, 0.2) is 0 Å². The number of hydrogen-bond donors (Lipinski definition) is 1. The first-order chi connectivity index (χ1) is 9.35. The van der Waals surface area contributed by atoms with Crippen molar-refractivity contribution in [2.75, 3.05) is 31.3 Å². The fraction of sp³-hybridized carbons (Fsp3) is 0.833. The fourth-order valence-electron chi connectivity index (χ4n) is 2.20. The smallest absolute Gasteiger partial charge is 0.305 e. The van der Waals surface area contributed by atoms with Crippen LogP contribution >= 0.6 is 0 Å². The molecule has 1 aliphatic heterocycles. The van der Waals surface area contributed by atoms with E-state index in [-0.39, 0.29) is 36.8 Å². The van der Waals surface area contributed by atoms with E-state index >= 15 is 0 Å². The molecule has 0 aromatic rings. The van der Waals surface area contributed by atoms with Crippen LogP contribution in [0.25, 0.3) is 0 Å². The highest BCUT2D eigenvalue weighted by Gasteiger charge is 2.34. The van der Waals surface area contributed by atoms with Crippen molar-refractivity contribution in [1.29, 1.82) is 0 Å². The number of carboxylic acid groups (broad SMARTS) is 1. The van der Waals surface area contributed by atoms with Gasteiger partial charge in [-0.1, -0.05) is 0 Å². The summed E-state index contributed by atoms with van der Waals surface area (Å²) in [6, 6.07) is -0.758. The van der Waals surface area contributed by atoms with Crippen molar-refractivity contribution in [3.8, 4) is 0 Å². The number of carboxylic acids is 1. The Balaban J connectivity index is 2.60. The van der Waals surface area contributed by atoms with Gasteiger partial charge in [0.25, 0.3) is 0 Å². The van der Waals surface area contributed by atoms with Crippen LogP contribution in [-0.2, 0) is 24.2 Å². The molecule has 1 fully saturated rings. The number of amides is 1. The molecule has 1 atom stereocenters. The summed E-state index contributed by atoms with van der Waals surface area (Å²) < 4.78 is 28.3. The molecule has 0 aromatic carbocycles. The highest BCUT2D eigenvalue weighted by molar-refractivity contribution is 7.91. The Morgan fingerprint density at radius 1 is 1.40 bits per heavy atom. The average Bonchev–Trinajstić information content (AvgIpc) is 2.32. The molecule has 8 heteroatoms. The van der Waals surface area contributed by atoms with E-state index in [1.165, 1.54) is 4.90 Å². The SMILES string of the molecule is CCOCCCC(=O)N1CCS(=O)(=O)CC1CC(=O)O. The minimum absolute atomic E-state index is 0.0771. The maximum Gasteiger partial charge on any atom is 0.305 e. The van der Waals surface area contributed by atoms with Crippen molar-refractivity contribution in [3.63, 3.8) is 0 Å².